The van der Waals surface area contributed by atoms with Crippen LogP contribution in [0.25, 0.3) is 0 Å². The van der Waals surface area contributed by atoms with Crippen molar-refractivity contribution in [1.29, 1.82) is 0 Å². The first kappa shape index (κ1) is 17.0. The van der Waals surface area contributed by atoms with E-state index in [-0.39, 0.29) is 11.6 Å². The van der Waals surface area contributed by atoms with Crippen LogP contribution in [0.5, 0.6) is 11.5 Å². The van der Waals surface area contributed by atoms with E-state index in [0.717, 1.165) is 5.56 Å². The molecule has 0 fully saturated rings. The zero-order valence-electron chi connectivity index (χ0n) is 13.5. The van der Waals surface area contributed by atoms with E-state index in [1.54, 1.807) is 36.4 Å². The minimum Gasteiger partial charge on any atom is -0.400 e. The molecule has 1 unspecified atom stereocenters. The molecule has 0 radical (unpaired) electrons. The molecule has 1 heterocycles. The van der Waals surface area contributed by atoms with Crippen LogP contribution in [-0.4, -0.2) is 0 Å². The van der Waals surface area contributed by atoms with Crippen molar-refractivity contribution in [2.45, 2.75) is 6.54 Å². The Morgan fingerprint density at radius 2 is 1.77 bits per heavy atom. The lowest BCUT2D eigenvalue weighted by atomic mass is 10.2. The van der Waals surface area contributed by atoms with Crippen molar-refractivity contribution in [3.05, 3.63) is 89.2 Å². The van der Waals surface area contributed by atoms with Gasteiger partial charge in [-0.05, 0) is 36.4 Å². The molecule has 132 valence electrons. The van der Waals surface area contributed by atoms with E-state index in [0.29, 0.717) is 17.2 Å². The second-order valence-electron chi connectivity index (χ2n) is 5.73. The van der Waals surface area contributed by atoms with Crippen LogP contribution in [-0.2, 0) is 11.1 Å². The summed E-state index contributed by atoms with van der Waals surface area (Å²) in [6.45, 7) is 0.280. The smallest absolute Gasteiger partial charge is 0.400 e. The summed E-state index contributed by atoms with van der Waals surface area (Å²) in [5.74, 6) is 0.359. The summed E-state index contributed by atoms with van der Waals surface area (Å²) >= 11 is 5.91. The second kappa shape index (κ2) is 6.67. The number of rotatable bonds is 3. The van der Waals surface area contributed by atoms with Crippen LogP contribution in [0.4, 0.5) is 10.1 Å². The van der Waals surface area contributed by atoms with Gasteiger partial charge in [-0.1, -0.05) is 48.0 Å². The molecule has 1 aliphatic rings. The van der Waals surface area contributed by atoms with Gasteiger partial charge in [-0.15, -0.1) is 0 Å². The number of hydrogen-bond donors (Lipinski definition) is 0. The van der Waals surface area contributed by atoms with E-state index in [1.165, 1.54) is 22.9 Å². The Morgan fingerprint density at radius 3 is 2.54 bits per heavy atom. The molecule has 0 amide bonds. The maximum Gasteiger partial charge on any atom is 0.544 e. The van der Waals surface area contributed by atoms with Crippen molar-refractivity contribution in [3.8, 4) is 11.5 Å². The fraction of sp³-hybridized carbons (Fsp3) is 0.0526. The molecule has 7 heteroatoms. The number of fused-ring (bicyclic) bond motifs is 1. The Morgan fingerprint density at radius 1 is 1.04 bits per heavy atom. The SMILES string of the molecule is O=P1(Oc2ccccc2)Oc2ccccc2CN1c1ccc(F)c(Cl)c1. The lowest BCUT2D eigenvalue weighted by molar-refractivity contribution is 0.370. The molecule has 0 bridgehead atoms. The summed E-state index contributed by atoms with van der Waals surface area (Å²) in [4.78, 5) is 0. The summed E-state index contributed by atoms with van der Waals surface area (Å²) in [6, 6.07) is 20.2. The van der Waals surface area contributed by atoms with Crippen LogP contribution in [0.3, 0.4) is 0 Å². The monoisotopic (exact) mass is 389 g/mol. The fourth-order valence-corrected chi connectivity index (χ4v) is 4.66. The molecule has 4 nitrogen and oxygen atoms in total. The predicted molar refractivity (Wildman–Crippen MR) is 99.3 cm³/mol. The van der Waals surface area contributed by atoms with Gasteiger partial charge in [0.1, 0.15) is 17.3 Å². The zero-order valence-corrected chi connectivity index (χ0v) is 15.2. The molecule has 0 saturated carbocycles. The van der Waals surface area contributed by atoms with Gasteiger partial charge in [-0.3, -0.25) is 4.67 Å². The van der Waals surface area contributed by atoms with Crippen molar-refractivity contribution >= 4 is 25.0 Å². The van der Waals surface area contributed by atoms with Crippen LogP contribution in [0.15, 0.2) is 72.8 Å². The summed E-state index contributed by atoms with van der Waals surface area (Å²) in [5, 5.41) is -0.0624. The molecule has 26 heavy (non-hydrogen) atoms. The molecule has 1 atom stereocenters. The topological polar surface area (TPSA) is 38.8 Å². The highest BCUT2D eigenvalue weighted by Crippen LogP contribution is 2.58. The number of para-hydroxylation sites is 2. The van der Waals surface area contributed by atoms with E-state index in [9.17, 15) is 8.96 Å². The third-order valence-corrected chi connectivity index (χ3v) is 6.09. The molecular formula is C19H14ClFNO3P. The zero-order chi connectivity index (χ0) is 18.1. The number of benzene rings is 3. The lowest BCUT2D eigenvalue weighted by Gasteiger charge is -2.36. The van der Waals surface area contributed by atoms with Gasteiger partial charge in [0.25, 0.3) is 0 Å². The molecule has 0 aromatic heterocycles. The third kappa shape index (κ3) is 3.16. The highest BCUT2D eigenvalue weighted by Gasteiger charge is 2.42. The number of halogens is 2. The third-order valence-electron chi connectivity index (χ3n) is 3.97. The largest absolute Gasteiger partial charge is 0.544 e. The van der Waals surface area contributed by atoms with Crippen molar-refractivity contribution in [1.82, 2.24) is 0 Å². The lowest BCUT2D eigenvalue weighted by Crippen LogP contribution is -2.29. The van der Waals surface area contributed by atoms with Gasteiger partial charge in [0.05, 0.1) is 17.3 Å². The van der Waals surface area contributed by atoms with E-state index < -0.39 is 13.6 Å². The summed E-state index contributed by atoms with van der Waals surface area (Å²) < 4.78 is 40.2. The quantitative estimate of drug-likeness (QED) is 0.510. The van der Waals surface area contributed by atoms with Gasteiger partial charge < -0.3 is 9.05 Å². The van der Waals surface area contributed by atoms with Gasteiger partial charge in [-0.2, -0.15) is 0 Å². The summed E-state index contributed by atoms with van der Waals surface area (Å²) in [5.41, 5.74) is 1.29. The standard InChI is InChI=1S/C19H14ClFNO3P/c20-17-12-15(10-11-18(17)21)22-13-14-6-4-5-9-19(14)25-26(22,23)24-16-7-2-1-3-8-16/h1-12H,13H2. The summed E-state index contributed by atoms with van der Waals surface area (Å²) in [6.07, 6.45) is 0. The normalized spacial score (nSPS) is 18.8. The minimum atomic E-state index is -3.78. The average Bonchev–Trinajstić information content (AvgIpc) is 2.64. The first-order chi connectivity index (χ1) is 12.5. The highest BCUT2D eigenvalue weighted by atomic mass is 35.5. The van der Waals surface area contributed by atoms with Gasteiger partial charge in [-0.25, -0.2) is 8.96 Å². The fourth-order valence-electron chi connectivity index (χ4n) is 2.71. The van der Waals surface area contributed by atoms with Gasteiger partial charge in [0.2, 0.25) is 0 Å². The Kier molecular flexibility index (Phi) is 4.35. The van der Waals surface area contributed by atoms with Crippen molar-refractivity contribution in [3.63, 3.8) is 0 Å². The average molecular weight is 390 g/mol. The predicted octanol–water partition coefficient (Wildman–Crippen LogP) is 6.07. The molecule has 0 spiro atoms. The molecule has 3 aromatic carbocycles. The van der Waals surface area contributed by atoms with Crippen LogP contribution in [0.2, 0.25) is 5.02 Å². The Hall–Kier alpha value is -2.49. The van der Waals surface area contributed by atoms with E-state index in [2.05, 4.69) is 0 Å². The Labute approximate surface area is 155 Å². The maximum atomic E-state index is 13.6. The molecular weight excluding hydrogens is 376 g/mol. The Balaban J connectivity index is 1.79. The van der Waals surface area contributed by atoms with E-state index >= 15 is 0 Å². The molecule has 0 N–H and O–H groups in total. The minimum absolute atomic E-state index is 0.0624. The number of nitrogens with zero attached hydrogens (tertiary/aromatic N) is 1. The van der Waals surface area contributed by atoms with Gasteiger partial charge in [0, 0.05) is 5.56 Å². The maximum absolute atomic E-state index is 13.6. The molecule has 0 saturated heterocycles. The van der Waals surface area contributed by atoms with Crippen LogP contribution in [0, 0.1) is 5.82 Å². The molecule has 1 aliphatic heterocycles. The van der Waals surface area contributed by atoms with Crippen LogP contribution >= 0.6 is 19.3 Å². The number of anilines is 1. The first-order valence-electron chi connectivity index (χ1n) is 7.90. The second-order valence-corrected chi connectivity index (χ2v) is 7.92. The number of hydrogen-bond acceptors (Lipinski definition) is 3. The van der Waals surface area contributed by atoms with E-state index in [4.69, 9.17) is 20.6 Å². The van der Waals surface area contributed by atoms with Gasteiger partial charge >= 0.3 is 7.75 Å². The molecule has 3 aromatic rings. The van der Waals surface area contributed by atoms with Crippen LogP contribution in [0.1, 0.15) is 5.56 Å². The first-order valence-corrected chi connectivity index (χ1v) is 9.78. The van der Waals surface area contributed by atoms with E-state index in [1.807, 2.05) is 18.2 Å². The highest BCUT2D eigenvalue weighted by molar-refractivity contribution is 7.56. The van der Waals surface area contributed by atoms with Crippen LogP contribution < -0.4 is 13.7 Å². The van der Waals surface area contributed by atoms with Gasteiger partial charge in [0.15, 0.2) is 0 Å². The Bertz CT molecular complexity index is 999. The molecule has 4 rings (SSSR count). The summed E-state index contributed by atoms with van der Waals surface area (Å²) in [7, 11) is -3.78. The molecule has 0 aliphatic carbocycles. The van der Waals surface area contributed by atoms with Crippen molar-refractivity contribution < 1.29 is 18.0 Å². The van der Waals surface area contributed by atoms with Crippen molar-refractivity contribution in [2.75, 3.05) is 4.67 Å². The van der Waals surface area contributed by atoms with Crippen molar-refractivity contribution in [2.24, 2.45) is 0 Å².